The molecule has 3 rings (SSSR count). The number of aliphatic hydroxyl groups excluding tert-OH is 1. The van der Waals surface area contributed by atoms with Crippen LogP contribution < -0.4 is 9.47 Å². The summed E-state index contributed by atoms with van der Waals surface area (Å²) in [4.78, 5) is 0. The Labute approximate surface area is 116 Å². The highest BCUT2D eigenvalue weighted by atomic mass is 32.2. The molecule has 2 unspecified atom stereocenters. The lowest BCUT2D eigenvalue weighted by Gasteiger charge is -2.26. The third-order valence-electron chi connectivity index (χ3n) is 3.80. The molecule has 0 aromatic heterocycles. The van der Waals surface area contributed by atoms with Gasteiger partial charge in [0.2, 0.25) is 6.79 Å². The molecule has 0 bridgehead atoms. The molecule has 1 saturated heterocycles. The molecule has 7 heteroatoms. The summed E-state index contributed by atoms with van der Waals surface area (Å²) < 4.78 is 33.6. The number of rotatable bonds is 2. The standard InChI is InChI=1S/C13H13NO5S/c14-6-13(3-4-20(16,17)7-13)12(15)9-1-2-10-11(5-9)19-8-18-10/h1-2,5,12,15H,3-4,7-8H2. The Morgan fingerprint density at radius 3 is 2.75 bits per heavy atom. The van der Waals surface area contributed by atoms with E-state index in [1.807, 2.05) is 6.07 Å². The van der Waals surface area contributed by atoms with Crippen LogP contribution in [0.3, 0.4) is 0 Å². The van der Waals surface area contributed by atoms with Crippen molar-refractivity contribution in [2.75, 3.05) is 18.3 Å². The summed E-state index contributed by atoms with van der Waals surface area (Å²) in [5, 5.41) is 19.8. The first-order valence-corrected chi connectivity index (χ1v) is 7.97. The first-order valence-electron chi connectivity index (χ1n) is 6.15. The van der Waals surface area contributed by atoms with E-state index in [1.165, 1.54) is 0 Å². The van der Waals surface area contributed by atoms with Crippen LogP contribution in [0.5, 0.6) is 11.5 Å². The predicted molar refractivity (Wildman–Crippen MR) is 68.8 cm³/mol. The van der Waals surface area contributed by atoms with E-state index in [1.54, 1.807) is 18.2 Å². The third kappa shape index (κ3) is 2.01. The van der Waals surface area contributed by atoms with E-state index in [2.05, 4.69) is 0 Å². The SMILES string of the molecule is N#CC1(C(O)c2ccc3c(c2)OCO3)CCS(=O)(=O)C1. The zero-order valence-electron chi connectivity index (χ0n) is 10.6. The summed E-state index contributed by atoms with van der Waals surface area (Å²) in [6.45, 7) is 0.118. The number of sulfone groups is 1. The highest BCUT2D eigenvalue weighted by molar-refractivity contribution is 7.91. The number of hydrogen-bond donors (Lipinski definition) is 1. The molecular formula is C13H13NO5S. The Balaban J connectivity index is 1.96. The second kappa shape index (κ2) is 4.36. The van der Waals surface area contributed by atoms with Gasteiger partial charge in [-0.15, -0.1) is 0 Å². The molecule has 0 amide bonds. The molecule has 0 spiro atoms. The smallest absolute Gasteiger partial charge is 0.231 e. The molecule has 2 aliphatic rings. The summed E-state index contributed by atoms with van der Waals surface area (Å²) >= 11 is 0. The monoisotopic (exact) mass is 295 g/mol. The first-order chi connectivity index (χ1) is 9.46. The third-order valence-corrected chi connectivity index (χ3v) is 5.58. The number of fused-ring (bicyclic) bond motifs is 1. The molecule has 0 radical (unpaired) electrons. The number of aliphatic hydroxyl groups is 1. The molecule has 1 N–H and O–H groups in total. The van der Waals surface area contributed by atoms with Crippen LogP contribution in [0.1, 0.15) is 18.1 Å². The molecule has 2 heterocycles. The maximum atomic E-state index is 11.6. The number of nitriles is 1. The number of nitrogens with zero attached hydrogens (tertiary/aromatic N) is 1. The topological polar surface area (TPSA) is 96.6 Å². The molecule has 1 aromatic carbocycles. The molecule has 2 atom stereocenters. The van der Waals surface area contributed by atoms with Crippen LogP contribution in [0.15, 0.2) is 18.2 Å². The van der Waals surface area contributed by atoms with Gasteiger partial charge in [-0.2, -0.15) is 5.26 Å². The molecule has 0 saturated carbocycles. The van der Waals surface area contributed by atoms with Gasteiger partial charge in [0.05, 0.1) is 23.7 Å². The van der Waals surface area contributed by atoms with Gasteiger partial charge in [0.25, 0.3) is 0 Å². The number of hydrogen-bond acceptors (Lipinski definition) is 6. The molecule has 0 aliphatic carbocycles. The van der Waals surface area contributed by atoms with Crippen molar-refractivity contribution >= 4 is 9.84 Å². The van der Waals surface area contributed by atoms with Crippen LogP contribution >= 0.6 is 0 Å². The van der Waals surface area contributed by atoms with Crippen LogP contribution in [-0.4, -0.2) is 31.8 Å². The Morgan fingerprint density at radius 2 is 2.10 bits per heavy atom. The summed E-state index contributed by atoms with van der Waals surface area (Å²) in [5.41, 5.74) is -0.820. The van der Waals surface area contributed by atoms with Gasteiger partial charge in [-0.1, -0.05) is 6.07 Å². The van der Waals surface area contributed by atoms with Gasteiger partial charge >= 0.3 is 0 Å². The van der Waals surface area contributed by atoms with E-state index in [0.29, 0.717) is 17.1 Å². The summed E-state index contributed by atoms with van der Waals surface area (Å²) in [7, 11) is -3.27. The van der Waals surface area contributed by atoms with Crippen LogP contribution in [0.25, 0.3) is 0 Å². The van der Waals surface area contributed by atoms with E-state index < -0.39 is 21.4 Å². The van der Waals surface area contributed by atoms with Crippen LogP contribution in [0.4, 0.5) is 0 Å². The number of benzene rings is 1. The minimum absolute atomic E-state index is 0.0673. The molecule has 1 fully saturated rings. The van der Waals surface area contributed by atoms with Gasteiger partial charge in [-0.3, -0.25) is 0 Å². The Morgan fingerprint density at radius 1 is 1.35 bits per heavy atom. The fourth-order valence-corrected chi connectivity index (χ4v) is 4.61. The van der Waals surface area contributed by atoms with Gasteiger partial charge in [0.15, 0.2) is 21.3 Å². The van der Waals surface area contributed by atoms with Gasteiger partial charge in [-0.25, -0.2) is 8.42 Å². The lowest BCUT2D eigenvalue weighted by molar-refractivity contribution is 0.0791. The Hall–Kier alpha value is -1.78. The summed E-state index contributed by atoms with van der Waals surface area (Å²) in [6.07, 6.45) is -1.03. The second-order valence-corrected chi connectivity index (χ2v) is 7.31. The van der Waals surface area contributed by atoms with Crippen molar-refractivity contribution in [3.05, 3.63) is 23.8 Å². The van der Waals surface area contributed by atoms with Gasteiger partial charge < -0.3 is 14.6 Å². The minimum atomic E-state index is -3.27. The fourth-order valence-electron chi connectivity index (χ4n) is 2.64. The van der Waals surface area contributed by atoms with Crippen LogP contribution in [0.2, 0.25) is 0 Å². The molecule has 20 heavy (non-hydrogen) atoms. The molecular weight excluding hydrogens is 282 g/mol. The normalized spacial score (nSPS) is 28.0. The number of ether oxygens (including phenoxy) is 2. The van der Waals surface area contributed by atoms with Crippen molar-refractivity contribution in [3.63, 3.8) is 0 Å². The first kappa shape index (κ1) is 13.2. The van der Waals surface area contributed by atoms with E-state index >= 15 is 0 Å². The molecule has 2 aliphatic heterocycles. The highest BCUT2D eigenvalue weighted by Gasteiger charge is 2.48. The molecule has 106 valence electrons. The lowest BCUT2D eigenvalue weighted by atomic mass is 9.80. The van der Waals surface area contributed by atoms with Gasteiger partial charge in [0.1, 0.15) is 5.41 Å². The molecule has 6 nitrogen and oxygen atoms in total. The van der Waals surface area contributed by atoms with Crippen LogP contribution in [0, 0.1) is 16.7 Å². The quantitative estimate of drug-likeness (QED) is 0.866. The van der Waals surface area contributed by atoms with Crippen LogP contribution in [-0.2, 0) is 9.84 Å². The molecule has 1 aromatic rings. The largest absolute Gasteiger partial charge is 0.454 e. The second-order valence-electron chi connectivity index (χ2n) is 5.13. The average Bonchev–Trinajstić information content (AvgIpc) is 3.01. The zero-order valence-corrected chi connectivity index (χ0v) is 11.4. The van der Waals surface area contributed by atoms with E-state index in [4.69, 9.17) is 9.47 Å². The average molecular weight is 295 g/mol. The Kier molecular flexibility index (Phi) is 2.88. The lowest BCUT2D eigenvalue weighted by Crippen LogP contribution is -2.28. The van der Waals surface area contributed by atoms with Gasteiger partial charge in [-0.05, 0) is 24.1 Å². The van der Waals surface area contributed by atoms with E-state index in [9.17, 15) is 18.8 Å². The van der Waals surface area contributed by atoms with E-state index in [0.717, 1.165) is 0 Å². The fraction of sp³-hybridized carbons (Fsp3) is 0.462. The highest BCUT2D eigenvalue weighted by Crippen LogP contribution is 2.45. The van der Waals surface area contributed by atoms with Crippen molar-refractivity contribution in [2.24, 2.45) is 5.41 Å². The maximum absolute atomic E-state index is 11.6. The Bertz CT molecular complexity index is 693. The van der Waals surface area contributed by atoms with Crippen molar-refractivity contribution in [1.82, 2.24) is 0 Å². The zero-order chi connectivity index (χ0) is 14.4. The van der Waals surface area contributed by atoms with E-state index in [-0.39, 0.29) is 24.7 Å². The minimum Gasteiger partial charge on any atom is -0.454 e. The van der Waals surface area contributed by atoms with Crippen molar-refractivity contribution < 1.29 is 23.0 Å². The summed E-state index contributed by atoms with van der Waals surface area (Å²) in [6, 6.07) is 6.87. The van der Waals surface area contributed by atoms with Gasteiger partial charge in [0, 0.05) is 0 Å². The van der Waals surface area contributed by atoms with Crippen molar-refractivity contribution in [2.45, 2.75) is 12.5 Å². The van der Waals surface area contributed by atoms with Crippen molar-refractivity contribution in [1.29, 1.82) is 5.26 Å². The maximum Gasteiger partial charge on any atom is 0.231 e. The predicted octanol–water partition coefficient (Wildman–Crippen LogP) is 0.777. The van der Waals surface area contributed by atoms with Crippen molar-refractivity contribution in [3.8, 4) is 17.6 Å². The summed E-state index contributed by atoms with van der Waals surface area (Å²) in [5.74, 6) is 0.690.